The molecule has 1 aromatic carbocycles. The summed E-state index contributed by atoms with van der Waals surface area (Å²) < 4.78 is 31.4. The van der Waals surface area contributed by atoms with Crippen molar-refractivity contribution in [2.45, 2.75) is 50.7 Å². The number of anilines is 1. The Bertz CT molecular complexity index is 1000. The number of nitro groups is 1. The molecule has 1 heterocycles. The van der Waals surface area contributed by atoms with E-state index in [2.05, 4.69) is 15.2 Å². The first-order valence-corrected chi connectivity index (χ1v) is 10.4. The van der Waals surface area contributed by atoms with Crippen LogP contribution in [0.3, 0.4) is 0 Å². The van der Waals surface area contributed by atoms with Crippen molar-refractivity contribution in [3.05, 3.63) is 46.3 Å². The van der Waals surface area contributed by atoms with Crippen molar-refractivity contribution in [3.8, 4) is 5.75 Å². The van der Waals surface area contributed by atoms with E-state index in [1.54, 1.807) is 4.68 Å². The Morgan fingerprint density at radius 1 is 1.19 bits per heavy atom. The Kier molecular flexibility index (Phi) is 4.67. The quantitative estimate of drug-likeness (QED) is 0.532. The second kappa shape index (κ2) is 7.28. The van der Waals surface area contributed by atoms with Gasteiger partial charge in [-0.25, -0.2) is 0 Å². The summed E-state index contributed by atoms with van der Waals surface area (Å²) in [4.78, 5) is 23.9. The lowest BCUT2D eigenvalue weighted by atomic mass is 9.53. The number of hydrogen-bond acceptors (Lipinski definition) is 5. The van der Waals surface area contributed by atoms with Crippen molar-refractivity contribution in [1.29, 1.82) is 0 Å². The summed E-state index contributed by atoms with van der Waals surface area (Å²) in [5, 5.41) is 18.5. The SMILES string of the molecule is O=C(Nc1ccccc1OC(F)F)c1nn(C23CC4CC(CC(C4)C2)C3)cc1[N+](=O)[O-]. The van der Waals surface area contributed by atoms with Crippen molar-refractivity contribution >= 4 is 17.3 Å². The van der Waals surface area contributed by atoms with Gasteiger partial charge < -0.3 is 10.1 Å². The average Bonchev–Trinajstić information content (AvgIpc) is 3.15. The van der Waals surface area contributed by atoms with E-state index >= 15 is 0 Å². The highest BCUT2D eigenvalue weighted by molar-refractivity contribution is 6.06. The van der Waals surface area contributed by atoms with Gasteiger partial charge in [0.05, 0.1) is 16.1 Å². The highest BCUT2D eigenvalue weighted by atomic mass is 19.3. The molecule has 31 heavy (non-hydrogen) atoms. The summed E-state index contributed by atoms with van der Waals surface area (Å²) in [7, 11) is 0. The molecular weight excluding hydrogens is 410 g/mol. The van der Waals surface area contributed by atoms with Crippen LogP contribution in [0.4, 0.5) is 20.2 Å². The smallest absolute Gasteiger partial charge is 0.387 e. The van der Waals surface area contributed by atoms with Gasteiger partial charge in [-0.2, -0.15) is 13.9 Å². The van der Waals surface area contributed by atoms with Gasteiger partial charge in [0.2, 0.25) is 5.69 Å². The number of hydrogen-bond donors (Lipinski definition) is 1. The van der Waals surface area contributed by atoms with Gasteiger partial charge in [-0.05, 0) is 68.4 Å². The van der Waals surface area contributed by atoms with E-state index in [0.29, 0.717) is 17.8 Å². The van der Waals surface area contributed by atoms with Gasteiger partial charge in [-0.3, -0.25) is 19.6 Å². The molecule has 4 bridgehead atoms. The molecule has 164 valence electrons. The first-order chi connectivity index (χ1) is 14.8. The van der Waals surface area contributed by atoms with Crippen LogP contribution in [0.5, 0.6) is 5.75 Å². The Morgan fingerprint density at radius 2 is 1.81 bits per heavy atom. The maximum atomic E-state index is 12.9. The molecule has 1 amide bonds. The van der Waals surface area contributed by atoms with Crippen LogP contribution in [0.1, 0.15) is 49.0 Å². The number of nitrogens with zero attached hydrogens (tertiary/aromatic N) is 3. The largest absolute Gasteiger partial charge is 0.433 e. The van der Waals surface area contributed by atoms with Crippen LogP contribution >= 0.6 is 0 Å². The number of amides is 1. The summed E-state index contributed by atoms with van der Waals surface area (Å²) in [5.41, 5.74) is -1.01. The summed E-state index contributed by atoms with van der Waals surface area (Å²) in [6, 6.07) is 5.69. The minimum Gasteiger partial charge on any atom is -0.433 e. The molecule has 4 saturated carbocycles. The van der Waals surface area contributed by atoms with E-state index in [9.17, 15) is 23.7 Å². The molecule has 0 unspecified atom stereocenters. The van der Waals surface area contributed by atoms with Crippen molar-refractivity contribution < 1.29 is 23.2 Å². The van der Waals surface area contributed by atoms with E-state index in [-0.39, 0.29) is 28.4 Å². The van der Waals surface area contributed by atoms with Crippen LogP contribution in [0.15, 0.2) is 30.5 Å². The number of alkyl halides is 2. The minimum atomic E-state index is -3.07. The molecule has 0 aliphatic heterocycles. The van der Waals surface area contributed by atoms with Crippen molar-refractivity contribution in [2.24, 2.45) is 17.8 Å². The zero-order chi connectivity index (χ0) is 21.8. The first-order valence-electron chi connectivity index (χ1n) is 10.4. The van der Waals surface area contributed by atoms with E-state index in [0.717, 1.165) is 19.3 Å². The number of aromatic nitrogens is 2. The highest BCUT2D eigenvalue weighted by Crippen LogP contribution is 2.58. The van der Waals surface area contributed by atoms with E-state index in [4.69, 9.17) is 0 Å². The molecule has 4 aliphatic carbocycles. The lowest BCUT2D eigenvalue weighted by Gasteiger charge is -2.56. The minimum absolute atomic E-state index is 0.00791. The fraction of sp³-hybridized carbons (Fsp3) is 0.524. The van der Waals surface area contributed by atoms with Crippen LogP contribution < -0.4 is 10.1 Å². The molecular formula is C21H22F2N4O4. The molecule has 0 atom stereocenters. The van der Waals surface area contributed by atoms with Gasteiger partial charge in [0.25, 0.3) is 5.91 Å². The molecule has 4 aliphatic rings. The number of halogens is 2. The summed E-state index contributed by atoms with van der Waals surface area (Å²) in [5.74, 6) is 0.745. The zero-order valence-electron chi connectivity index (χ0n) is 16.7. The number of benzene rings is 1. The maximum absolute atomic E-state index is 12.9. The molecule has 2 aromatic rings. The van der Waals surface area contributed by atoms with Crippen molar-refractivity contribution in [3.63, 3.8) is 0 Å². The summed E-state index contributed by atoms with van der Waals surface area (Å²) in [6.45, 7) is -3.07. The van der Waals surface area contributed by atoms with Gasteiger partial charge in [-0.15, -0.1) is 0 Å². The van der Waals surface area contributed by atoms with E-state index < -0.39 is 17.4 Å². The molecule has 4 fully saturated rings. The Morgan fingerprint density at radius 3 is 2.39 bits per heavy atom. The Balaban J connectivity index is 1.46. The van der Waals surface area contributed by atoms with E-state index in [1.165, 1.54) is 49.7 Å². The third kappa shape index (κ3) is 3.53. The normalized spacial score (nSPS) is 28.7. The number of ether oxygens (including phenoxy) is 1. The zero-order valence-corrected chi connectivity index (χ0v) is 16.7. The standard InChI is InChI=1S/C21H22F2N4O4/c22-20(23)31-17-4-2-1-3-15(17)24-19(28)18-16(27(29)30)11-26(25-18)21-8-12-5-13(9-21)7-14(6-12)10-21/h1-4,11-14,20H,5-10H2,(H,24,28). The van der Waals surface area contributed by atoms with Crippen molar-refractivity contribution in [1.82, 2.24) is 9.78 Å². The second-order valence-electron chi connectivity index (χ2n) is 9.04. The molecule has 8 nitrogen and oxygen atoms in total. The number of carbonyl (C=O) groups excluding carboxylic acids is 1. The van der Waals surface area contributed by atoms with Crippen LogP contribution in [0.25, 0.3) is 0 Å². The van der Waals surface area contributed by atoms with Gasteiger partial charge in [0, 0.05) is 0 Å². The predicted octanol–water partition coefficient (Wildman–Crippen LogP) is 4.57. The fourth-order valence-electron chi connectivity index (χ4n) is 6.20. The summed E-state index contributed by atoms with van der Waals surface area (Å²) >= 11 is 0. The van der Waals surface area contributed by atoms with Crippen LogP contribution in [-0.4, -0.2) is 27.2 Å². The molecule has 0 radical (unpaired) electrons. The summed E-state index contributed by atoms with van der Waals surface area (Å²) in [6.07, 6.45) is 7.74. The number of para-hydroxylation sites is 2. The molecule has 6 rings (SSSR count). The van der Waals surface area contributed by atoms with E-state index in [1.807, 2.05) is 0 Å². The lowest BCUT2D eigenvalue weighted by molar-refractivity contribution is -0.385. The lowest BCUT2D eigenvalue weighted by Crippen LogP contribution is -2.52. The average molecular weight is 432 g/mol. The second-order valence-corrected chi connectivity index (χ2v) is 9.04. The van der Waals surface area contributed by atoms with Gasteiger partial charge >= 0.3 is 12.3 Å². The third-order valence-electron chi connectivity index (χ3n) is 6.95. The van der Waals surface area contributed by atoms with Crippen LogP contribution in [0.2, 0.25) is 0 Å². The van der Waals surface area contributed by atoms with Gasteiger partial charge in [0.15, 0.2) is 0 Å². The number of nitrogens with one attached hydrogen (secondary N) is 1. The highest BCUT2D eigenvalue weighted by Gasteiger charge is 2.53. The van der Waals surface area contributed by atoms with Gasteiger partial charge in [-0.1, -0.05) is 12.1 Å². The molecule has 1 aromatic heterocycles. The van der Waals surface area contributed by atoms with Crippen LogP contribution in [-0.2, 0) is 5.54 Å². The molecule has 0 spiro atoms. The van der Waals surface area contributed by atoms with Crippen molar-refractivity contribution in [2.75, 3.05) is 5.32 Å². The van der Waals surface area contributed by atoms with Crippen LogP contribution in [0, 0.1) is 27.9 Å². The third-order valence-corrected chi connectivity index (χ3v) is 6.95. The molecule has 0 saturated heterocycles. The molecule has 1 N–H and O–H groups in total. The maximum Gasteiger partial charge on any atom is 0.387 e. The number of carbonyl (C=O) groups is 1. The number of rotatable bonds is 6. The Hall–Kier alpha value is -3.04. The Labute approximate surface area is 176 Å². The predicted molar refractivity (Wildman–Crippen MR) is 106 cm³/mol. The first kappa shape index (κ1) is 19.9. The molecule has 10 heteroatoms. The monoisotopic (exact) mass is 432 g/mol. The van der Waals surface area contributed by atoms with Gasteiger partial charge in [0.1, 0.15) is 11.9 Å². The topological polar surface area (TPSA) is 99.3 Å². The fourth-order valence-corrected chi connectivity index (χ4v) is 6.20.